The zero-order valence-corrected chi connectivity index (χ0v) is 8.94. The molecule has 13 heavy (non-hydrogen) atoms. The second-order valence-corrected chi connectivity index (χ2v) is 4.66. The van der Waals surface area contributed by atoms with E-state index in [2.05, 4.69) is 10.3 Å². The van der Waals surface area contributed by atoms with E-state index in [-0.39, 0.29) is 5.91 Å². The van der Waals surface area contributed by atoms with Crippen LogP contribution in [0.3, 0.4) is 0 Å². The molecule has 0 atom stereocenters. The van der Waals surface area contributed by atoms with Gasteiger partial charge < -0.3 is 5.32 Å². The maximum absolute atomic E-state index is 11.3. The lowest BCUT2D eigenvalue weighted by Crippen LogP contribution is -2.13. The van der Waals surface area contributed by atoms with Crippen molar-refractivity contribution in [2.24, 2.45) is 5.92 Å². The summed E-state index contributed by atoms with van der Waals surface area (Å²) in [6.07, 6.45) is 2.31. The topological polar surface area (TPSA) is 42.0 Å². The zero-order chi connectivity index (χ0) is 9.84. The molecule has 1 heterocycles. The number of hydrogen-bond donors (Lipinski definition) is 1. The highest BCUT2D eigenvalue weighted by atomic mass is 32.1. The highest BCUT2D eigenvalue weighted by Crippen LogP contribution is 2.16. The van der Waals surface area contributed by atoms with Crippen molar-refractivity contribution in [3.05, 3.63) is 11.1 Å². The summed E-state index contributed by atoms with van der Waals surface area (Å²) in [5.41, 5.74) is 0. The summed E-state index contributed by atoms with van der Waals surface area (Å²) in [7, 11) is 0. The second-order valence-electron chi connectivity index (χ2n) is 3.42. The third-order valence-corrected chi connectivity index (χ3v) is 2.29. The molecule has 0 aliphatic rings. The molecule has 0 saturated heterocycles. The van der Waals surface area contributed by atoms with Crippen LogP contribution >= 0.6 is 11.3 Å². The molecular weight excluding hydrogens is 184 g/mol. The SMILES string of the molecule is Cc1cnc(NC(=O)CC(C)C)s1. The molecule has 0 aliphatic heterocycles. The maximum atomic E-state index is 11.3. The Morgan fingerprint density at radius 3 is 2.85 bits per heavy atom. The zero-order valence-electron chi connectivity index (χ0n) is 8.13. The fourth-order valence-corrected chi connectivity index (χ4v) is 1.63. The smallest absolute Gasteiger partial charge is 0.226 e. The molecule has 1 rings (SSSR count). The van der Waals surface area contributed by atoms with Crippen LogP contribution in [0.2, 0.25) is 0 Å². The molecule has 0 fully saturated rings. The van der Waals surface area contributed by atoms with Crippen molar-refractivity contribution < 1.29 is 4.79 Å². The fourth-order valence-electron chi connectivity index (χ4n) is 0.954. The predicted octanol–water partition coefficient (Wildman–Crippen LogP) is 2.44. The Morgan fingerprint density at radius 2 is 2.38 bits per heavy atom. The average molecular weight is 198 g/mol. The molecule has 1 amide bonds. The third kappa shape index (κ3) is 3.55. The van der Waals surface area contributed by atoms with E-state index in [4.69, 9.17) is 0 Å². The van der Waals surface area contributed by atoms with Gasteiger partial charge in [-0.15, -0.1) is 11.3 Å². The van der Waals surface area contributed by atoms with Crippen LogP contribution in [-0.4, -0.2) is 10.9 Å². The number of nitrogens with zero attached hydrogens (tertiary/aromatic N) is 1. The summed E-state index contributed by atoms with van der Waals surface area (Å²) in [6, 6.07) is 0. The lowest BCUT2D eigenvalue weighted by molar-refractivity contribution is -0.116. The molecule has 0 unspecified atom stereocenters. The first-order valence-corrected chi connectivity index (χ1v) is 5.12. The molecule has 72 valence electrons. The van der Waals surface area contributed by atoms with Gasteiger partial charge in [0.25, 0.3) is 0 Å². The Kier molecular flexibility index (Phi) is 3.42. The molecule has 4 heteroatoms. The van der Waals surface area contributed by atoms with Gasteiger partial charge in [-0.2, -0.15) is 0 Å². The molecule has 0 bridgehead atoms. The number of amides is 1. The van der Waals surface area contributed by atoms with Gasteiger partial charge in [0.15, 0.2) is 5.13 Å². The van der Waals surface area contributed by atoms with Crippen molar-refractivity contribution in [2.75, 3.05) is 5.32 Å². The number of nitrogens with one attached hydrogen (secondary N) is 1. The van der Waals surface area contributed by atoms with Crippen molar-refractivity contribution in [1.82, 2.24) is 4.98 Å². The molecule has 3 nitrogen and oxygen atoms in total. The number of rotatable bonds is 3. The Balaban J connectivity index is 2.45. The van der Waals surface area contributed by atoms with Crippen LogP contribution in [0, 0.1) is 12.8 Å². The average Bonchev–Trinajstić information content (AvgIpc) is 2.33. The first-order chi connectivity index (χ1) is 6.08. The normalized spacial score (nSPS) is 10.5. The van der Waals surface area contributed by atoms with E-state index >= 15 is 0 Å². The Hall–Kier alpha value is -0.900. The number of hydrogen-bond acceptors (Lipinski definition) is 3. The fraction of sp³-hybridized carbons (Fsp3) is 0.556. The van der Waals surface area contributed by atoms with E-state index in [9.17, 15) is 4.79 Å². The van der Waals surface area contributed by atoms with Gasteiger partial charge in [0.05, 0.1) is 0 Å². The standard InChI is InChI=1S/C9H14N2OS/c1-6(2)4-8(12)11-9-10-5-7(3)13-9/h5-6H,4H2,1-3H3,(H,10,11,12). The van der Waals surface area contributed by atoms with Gasteiger partial charge in [0.1, 0.15) is 0 Å². The monoisotopic (exact) mass is 198 g/mol. The Morgan fingerprint density at radius 1 is 1.69 bits per heavy atom. The van der Waals surface area contributed by atoms with Gasteiger partial charge in [-0.25, -0.2) is 4.98 Å². The minimum absolute atomic E-state index is 0.0457. The maximum Gasteiger partial charge on any atom is 0.226 e. The van der Waals surface area contributed by atoms with E-state index in [0.29, 0.717) is 17.5 Å². The van der Waals surface area contributed by atoms with Crippen LogP contribution in [0.5, 0.6) is 0 Å². The van der Waals surface area contributed by atoms with Gasteiger partial charge in [0.2, 0.25) is 5.91 Å². The molecule has 0 radical (unpaired) electrons. The van der Waals surface area contributed by atoms with Gasteiger partial charge in [-0.3, -0.25) is 4.79 Å². The van der Waals surface area contributed by atoms with Gasteiger partial charge >= 0.3 is 0 Å². The van der Waals surface area contributed by atoms with Crippen molar-refractivity contribution in [3.63, 3.8) is 0 Å². The minimum Gasteiger partial charge on any atom is -0.302 e. The van der Waals surface area contributed by atoms with E-state index < -0.39 is 0 Å². The van der Waals surface area contributed by atoms with Crippen LogP contribution in [-0.2, 0) is 4.79 Å². The summed E-state index contributed by atoms with van der Waals surface area (Å²) in [5.74, 6) is 0.436. The molecule has 0 spiro atoms. The molecule has 1 aromatic rings. The van der Waals surface area contributed by atoms with Crippen LogP contribution in [0.4, 0.5) is 5.13 Å². The van der Waals surface area contributed by atoms with Crippen LogP contribution in [0.15, 0.2) is 6.20 Å². The number of aromatic nitrogens is 1. The largest absolute Gasteiger partial charge is 0.302 e. The van der Waals surface area contributed by atoms with Crippen LogP contribution < -0.4 is 5.32 Å². The molecular formula is C9H14N2OS. The van der Waals surface area contributed by atoms with Crippen molar-refractivity contribution in [1.29, 1.82) is 0 Å². The van der Waals surface area contributed by atoms with E-state index in [1.165, 1.54) is 11.3 Å². The first-order valence-electron chi connectivity index (χ1n) is 4.30. The summed E-state index contributed by atoms with van der Waals surface area (Å²) >= 11 is 1.50. The van der Waals surface area contributed by atoms with Gasteiger partial charge in [0, 0.05) is 17.5 Å². The lowest BCUT2D eigenvalue weighted by Gasteiger charge is -2.03. The molecule has 1 aromatic heterocycles. The van der Waals surface area contributed by atoms with Crippen molar-refractivity contribution >= 4 is 22.4 Å². The number of thiazole rings is 1. The van der Waals surface area contributed by atoms with Gasteiger partial charge in [-0.1, -0.05) is 13.8 Å². The number of anilines is 1. The summed E-state index contributed by atoms with van der Waals surface area (Å²) in [4.78, 5) is 16.4. The number of carbonyl (C=O) groups is 1. The number of carbonyl (C=O) groups excluding carboxylic acids is 1. The van der Waals surface area contributed by atoms with Crippen LogP contribution in [0.1, 0.15) is 25.1 Å². The van der Waals surface area contributed by atoms with Gasteiger partial charge in [-0.05, 0) is 12.8 Å². The van der Waals surface area contributed by atoms with Crippen LogP contribution in [0.25, 0.3) is 0 Å². The summed E-state index contributed by atoms with van der Waals surface area (Å²) < 4.78 is 0. The summed E-state index contributed by atoms with van der Waals surface area (Å²) in [5, 5.41) is 3.46. The highest BCUT2D eigenvalue weighted by molar-refractivity contribution is 7.15. The minimum atomic E-state index is 0.0457. The molecule has 0 aliphatic carbocycles. The van der Waals surface area contributed by atoms with Crippen molar-refractivity contribution in [3.8, 4) is 0 Å². The molecule has 0 saturated carbocycles. The number of aryl methyl sites for hydroxylation is 1. The van der Waals surface area contributed by atoms with E-state index in [0.717, 1.165) is 4.88 Å². The lowest BCUT2D eigenvalue weighted by atomic mass is 10.1. The quantitative estimate of drug-likeness (QED) is 0.810. The first kappa shape index (κ1) is 10.2. The Labute approximate surface area is 82.2 Å². The van der Waals surface area contributed by atoms with Crippen molar-refractivity contribution in [2.45, 2.75) is 27.2 Å². The predicted molar refractivity (Wildman–Crippen MR) is 54.9 cm³/mol. The molecule has 1 N–H and O–H groups in total. The summed E-state index contributed by atoms with van der Waals surface area (Å²) in [6.45, 7) is 6.01. The van der Waals surface area contributed by atoms with E-state index in [1.54, 1.807) is 6.20 Å². The highest BCUT2D eigenvalue weighted by Gasteiger charge is 2.06. The molecule has 0 aromatic carbocycles. The van der Waals surface area contributed by atoms with E-state index in [1.807, 2.05) is 20.8 Å². The third-order valence-electron chi connectivity index (χ3n) is 1.46. The Bertz CT molecular complexity index is 294. The second kappa shape index (κ2) is 4.37.